The van der Waals surface area contributed by atoms with Gasteiger partial charge in [0, 0.05) is 22.8 Å². The molecule has 0 aliphatic heterocycles. The first-order valence-corrected chi connectivity index (χ1v) is 11.4. The number of aryl methyl sites for hydroxylation is 2. The summed E-state index contributed by atoms with van der Waals surface area (Å²) in [6, 6.07) is 17.7. The van der Waals surface area contributed by atoms with Crippen LogP contribution >= 0.6 is 23.8 Å². The molecule has 3 aromatic rings. The Morgan fingerprint density at radius 2 is 1.91 bits per heavy atom. The van der Waals surface area contributed by atoms with Crippen molar-refractivity contribution in [3.05, 3.63) is 99.6 Å². The van der Waals surface area contributed by atoms with Crippen molar-refractivity contribution in [2.45, 2.75) is 39.2 Å². The fourth-order valence-corrected chi connectivity index (χ4v) is 4.55. The summed E-state index contributed by atoms with van der Waals surface area (Å²) in [5, 5.41) is 7.34. The first-order chi connectivity index (χ1) is 15.4. The molecule has 164 valence electrons. The molecule has 0 saturated heterocycles. The third-order valence-corrected chi connectivity index (χ3v) is 6.27. The SMILES string of the molecule is Cc1ccc(C2CC(=O)C(C(=S)Nc3ccc(Cl)cc3C)=C(NCc3ccco3)C2)cc1. The molecule has 2 N–H and O–H groups in total. The van der Waals surface area contributed by atoms with E-state index in [9.17, 15) is 4.79 Å². The van der Waals surface area contributed by atoms with Crippen LogP contribution in [0.25, 0.3) is 0 Å². The Morgan fingerprint density at radius 3 is 2.59 bits per heavy atom. The number of benzene rings is 2. The van der Waals surface area contributed by atoms with Gasteiger partial charge in [0.1, 0.15) is 10.7 Å². The van der Waals surface area contributed by atoms with Crippen LogP contribution in [0, 0.1) is 13.8 Å². The summed E-state index contributed by atoms with van der Waals surface area (Å²) in [6.45, 7) is 4.51. The van der Waals surface area contributed by atoms with E-state index in [2.05, 4.69) is 41.8 Å². The molecule has 1 heterocycles. The Balaban J connectivity index is 1.63. The molecule has 0 fully saturated rings. The monoisotopic (exact) mass is 464 g/mol. The smallest absolute Gasteiger partial charge is 0.168 e. The molecular formula is C26H25ClN2O2S. The van der Waals surface area contributed by atoms with E-state index in [0.29, 0.717) is 35.0 Å². The van der Waals surface area contributed by atoms with Gasteiger partial charge >= 0.3 is 0 Å². The summed E-state index contributed by atoms with van der Waals surface area (Å²) in [6.07, 6.45) is 2.76. The maximum absolute atomic E-state index is 13.3. The van der Waals surface area contributed by atoms with E-state index in [1.807, 2.05) is 31.2 Å². The van der Waals surface area contributed by atoms with Gasteiger partial charge in [0.15, 0.2) is 5.78 Å². The van der Waals surface area contributed by atoms with Gasteiger partial charge in [0.2, 0.25) is 0 Å². The summed E-state index contributed by atoms with van der Waals surface area (Å²) < 4.78 is 5.46. The molecule has 6 heteroatoms. The van der Waals surface area contributed by atoms with Crippen LogP contribution < -0.4 is 10.6 Å². The number of hydrogen-bond donors (Lipinski definition) is 2. The minimum atomic E-state index is 0.0351. The third-order valence-electron chi connectivity index (χ3n) is 5.73. The Morgan fingerprint density at radius 1 is 1.12 bits per heavy atom. The number of anilines is 1. The molecule has 1 unspecified atom stereocenters. The molecule has 32 heavy (non-hydrogen) atoms. The highest BCUT2D eigenvalue weighted by atomic mass is 35.5. The van der Waals surface area contributed by atoms with Gasteiger partial charge in [-0.3, -0.25) is 4.79 Å². The molecule has 1 aliphatic rings. The lowest BCUT2D eigenvalue weighted by molar-refractivity contribution is -0.115. The lowest BCUT2D eigenvalue weighted by atomic mass is 9.81. The van der Waals surface area contributed by atoms with E-state index >= 15 is 0 Å². The number of halogens is 1. The second-order valence-electron chi connectivity index (χ2n) is 8.14. The maximum Gasteiger partial charge on any atom is 0.168 e. The van der Waals surface area contributed by atoms with E-state index in [1.54, 1.807) is 12.3 Å². The number of ketones is 1. The molecule has 0 saturated carbocycles. The largest absolute Gasteiger partial charge is 0.467 e. The molecule has 1 atom stereocenters. The number of thiocarbonyl (C=S) groups is 1. The lowest BCUT2D eigenvalue weighted by Crippen LogP contribution is -2.31. The predicted molar refractivity (Wildman–Crippen MR) is 133 cm³/mol. The fourth-order valence-electron chi connectivity index (χ4n) is 3.97. The number of Topliss-reactive ketones (excluding diaryl/α,β-unsaturated/α-hetero) is 1. The zero-order chi connectivity index (χ0) is 22.7. The molecular weight excluding hydrogens is 440 g/mol. The van der Waals surface area contributed by atoms with Crippen LogP contribution in [-0.4, -0.2) is 10.8 Å². The molecule has 1 aromatic heterocycles. The molecule has 4 nitrogen and oxygen atoms in total. The molecule has 0 amide bonds. The van der Waals surface area contributed by atoms with E-state index in [4.69, 9.17) is 28.2 Å². The van der Waals surface area contributed by atoms with Crippen LogP contribution in [-0.2, 0) is 11.3 Å². The molecule has 0 radical (unpaired) electrons. The molecule has 0 bridgehead atoms. The number of nitrogens with one attached hydrogen (secondary N) is 2. The van der Waals surface area contributed by atoms with Crippen molar-refractivity contribution in [2.75, 3.05) is 5.32 Å². The number of hydrogen-bond acceptors (Lipinski definition) is 4. The Kier molecular flexibility index (Phi) is 6.77. The topological polar surface area (TPSA) is 54.3 Å². The predicted octanol–water partition coefficient (Wildman–Crippen LogP) is 6.48. The normalized spacial score (nSPS) is 16.2. The van der Waals surface area contributed by atoms with E-state index in [1.165, 1.54) is 5.56 Å². The summed E-state index contributed by atoms with van der Waals surface area (Å²) >= 11 is 11.8. The van der Waals surface area contributed by atoms with Gasteiger partial charge in [-0.15, -0.1) is 0 Å². The summed E-state index contributed by atoms with van der Waals surface area (Å²) in [7, 11) is 0. The van der Waals surface area contributed by atoms with Gasteiger partial charge in [-0.25, -0.2) is 0 Å². The van der Waals surface area contributed by atoms with Crippen LogP contribution in [0.5, 0.6) is 0 Å². The fraction of sp³-hybridized carbons (Fsp3) is 0.231. The van der Waals surface area contributed by atoms with Crippen LogP contribution in [0.4, 0.5) is 5.69 Å². The van der Waals surface area contributed by atoms with Crippen LogP contribution in [0.3, 0.4) is 0 Å². The quantitative estimate of drug-likeness (QED) is 0.409. The highest BCUT2D eigenvalue weighted by Gasteiger charge is 2.31. The summed E-state index contributed by atoms with van der Waals surface area (Å²) in [4.78, 5) is 13.7. The van der Waals surface area contributed by atoms with Crippen molar-refractivity contribution in [3.8, 4) is 0 Å². The highest BCUT2D eigenvalue weighted by Crippen LogP contribution is 2.35. The highest BCUT2D eigenvalue weighted by molar-refractivity contribution is 7.81. The Bertz CT molecular complexity index is 1170. The minimum absolute atomic E-state index is 0.0351. The van der Waals surface area contributed by atoms with Gasteiger partial charge < -0.3 is 15.1 Å². The number of allylic oxidation sites excluding steroid dienone is 1. The van der Waals surface area contributed by atoms with Crippen molar-refractivity contribution in [1.29, 1.82) is 0 Å². The Hall–Kier alpha value is -2.89. The van der Waals surface area contributed by atoms with Gasteiger partial charge in [-0.1, -0.05) is 53.6 Å². The second kappa shape index (κ2) is 9.72. The van der Waals surface area contributed by atoms with Crippen molar-refractivity contribution >= 4 is 40.3 Å². The molecule has 2 aromatic carbocycles. The van der Waals surface area contributed by atoms with E-state index < -0.39 is 0 Å². The van der Waals surface area contributed by atoms with Crippen molar-refractivity contribution in [2.24, 2.45) is 0 Å². The van der Waals surface area contributed by atoms with Crippen LogP contribution in [0.1, 0.15) is 41.2 Å². The standard InChI is InChI=1S/C26H25ClN2O2S/c1-16-5-7-18(8-6-16)19-13-23(28-15-21-4-3-11-31-21)25(24(30)14-19)26(32)29-22-10-9-20(27)12-17(22)2/h3-12,19,28H,13-15H2,1-2H3,(H,29,32). The maximum atomic E-state index is 13.3. The average molecular weight is 465 g/mol. The van der Waals surface area contributed by atoms with E-state index in [-0.39, 0.29) is 11.7 Å². The zero-order valence-corrected chi connectivity index (χ0v) is 19.6. The minimum Gasteiger partial charge on any atom is -0.467 e. The number of carbonyl (C=O) groups excluding carboxylic acids is 1. The van der Waals surface area contributed by atoms with Crippen molar-refractivity contribution in [1.82, 2.24) is 5.32 Å². The third kappa shape index (κ3) is 5.12. The summed E-state index contributed by atoms with van der Waals surface area (Å²) in [5.74, 6) is 0.938. The molecule has 1 aliphatic carbocycles. The van der Waals surface area contributed by atoms with Gasteiger partial charge in [-0.2, -0.15) is 0 Å². The Labute approximate surface area is 198 Å². The lowest BCUT2D eigenvalue weighted by Gasteiger charge is -2.28. The first kappa shape index (κ1) is 22.3. The number of rotatable bonds is 6. The van der Waals surface area contributed by atoms with Crippen molar-refractivity contribution < 1.29 is 9.21 Å². The number of furan rings is 1. The van der Waals surface area contributed by atoms with Gasteiger partial charge in [0.25, 0.3) is 0 Å². The molecule has 4 rings (SSSR count). The number of carbonyl (C=O) groups is 1. The zero-order valence-electron chi connectivity index (χ0n) is 18.1. The first-order valence-electron chi connectivity index (χ1n) is 10.6. The second-order valence-corrected chi connectivity index (χ2v) is 8.98. The molecule has 0 spiro atoms. The van der Waals surface area contributed by atoms with Crippen molar-refractivity contribution in [3.63, 3.8) is 0 Å². The van der Waals surface area contributed by atoms with E-state index in [0.717, 1.165) is 28.3 Å². The summed E-state index contributed by atoms with van der Waals surface area (Å²) in [5.41, 5.74) is 5.55. The van der Waals surface area contributed by atoms with Crippen LogP contribution in [0.2, 0.25) is 5.02 Å². The van der Waals surface area contributed by atoms with Gasteiger partial charge in [0.05, 0.1) is 18.4 Å². The van der Waals surface area contributed by atoms with Gasteiger partial charge in [-0.05, 0) is 67.6 Å². The van der Waals surface area contributed by atoms with Crippen LogP contribution in [0.15, 0.2) is 76.5 Å². The average Bonchev–Trinajstić information content (AvgIpc) is 3.28.